The number of esters is 1. The molecule has 2 heterocycles. The van der Waals surface area contributed by atoms with E-state index >= 15 is 0 Å². The molecule has 2 amide bonds. The zero-order chi connectivity index (χ0) is 31.4. The van der Waals surface area contributed by atoms with Gasteiger partial charge in [0.1, 0.15) is 6.61 Å². The maximum absolute atomic E-state index is 13.7. The molecule has 2 aliphatic rings. The molecular weight excluding hydrogens is 584 g/mol. The number of thioether (sulfide) groups is 1. The van der Waals surface area contributed by atoms with E-state index in [1.165, 1.54) is 5.56 Å². The second kappa shape index (κ2) is 16.4. The lowest BCUT2D eigenvalue weighted by Gasteiger charge is -2.36. The number of hydrogen-bond donors (Lipinski definition) is 2. The molecule has 2 N–H and O–H groups in total. The molecule has 8 heteroatoms. The molecule has 0 saturated carbocycles. The van der Waals surface area contributed by atoms with E-state index in [0.29, 0.717) is 38.0 Å². The zero-order valence-electron chi connectivity index (χ0n) is 25.6. The summed E-state index contributed by atoms with van der Waals surface area (Å²) >= 11 is 1.67. The molecule has 5 rings (SSSR count). The number of benzene rings is 3. The van der Waals surface area contributed by atoms with Crippen LogP contribution in [-0.4, -0.2) is 58.8 Å². The Hall–Kier alpha value is -3.88. The standard InChI is InChI=1S/C37H42N2O5S/c40-23-34-20-29-15-7-10-18-32(29)22-39(34)35(41)21-30-16-8-9-17-31(19-27-11-3-1-4-12-27)37(43)44-24-33(38-36(30)42)26-45-25-28-13-5-2-6-14-28/h1-15,18,30-31,33-34,40H,16-17,19-26H2,(H,38,42). The summed E-state index contributed by atoms with van der Waals surface area (Å²) in [5.74, 6) is -0.264. The number of hydrogen-bond acceptors (Lipinski definition) is 6. The Bertz CT molecular complexity index is 1450. The highest BCUT2D eigenvalue weighted by molar-refractivity contribution is 7.98. The summed E-state index contributed by atoms with van der Waals surface area (Å²) in [7, 11) is 0. The fourth-order valence-corrected chi connectivity index (χ4v) is 6.99. The van der Waals surface area contributed by atoms with Crippen LogP contribution in [0.15, 0.2) is 97.1 Å². The predicted octanol–water partition coefficient (Wildman–Crippen LogP) is 5.11. The Labute approximate surface area is 270 Å². The van der Waals surface area contributed by atoms with Crippen molar-refractivity contribution in [2.75, 3.05) is 19.0 Å². The van der Waals surface area contributed by atoms with Gasteiger partial charge in [0, 0.05) is 24.5 Å². The topological polar surface area (TPSA) is 95.9 Å². The third kappa shape index (κ3) is 9.31. The van der Waals surface area contributed by atoms with Crippen LogP contribution in [0.1, 0.15) is 41.5 Å². The minimum atomic E-state index is -0.588. The monoisotopic (exact) mass is 626 g/mol. The highest BCUT2D eigenvalue weighted by Crippen LogP contribution is 2.26. The van der Waals surface area contributed by atoms with Crippen molar-refractivity contribution in [3.05, 3.63) is 119 Å². The quantitative estimate of drug-likeness (QED) is 0.253. The van der Waals surface area contributed by atoms with Gasteiger partial charge >= 0.3 is 5.97 Å². The molecule has 4 atom stereocenters. The van der Waals surface area contributed by atoms with Crippen molar-refractivity contribution in [1.29, 1.82) is 0 Å². The van der Waals surface area contributed by atoms with Gasteiger partial charge in [0.15, 0.2) is 0 Å². The number of nitrogens with zero attached hydrogens (tertiary/aromatic N) is 1. The molecule has 3 aromatic rings. The summed E-state index contributed by atoms with van der Waals surface area (Å²) < 4.78 is 5.83. The van der Waals surface area contributed by atoms with Crippen LogP contribution in [-0.2, 0) is 44.3 Å². The summed E-state index contributed by atoms with van der Waals surface area (Å²) in [6.45, 7) is 0.351. The Balaban J connectivity index is 1.31. The normalized spacial score (nSPS) is 22.4. The number of amides is 2. The molecular formula is C37H42N2O5S. The second-order valence-corrected chi connectivity index (χ2v) is 12.9. The van der Waals surface area contributed by atoms with Gasteiger partial charge in [0.2, 0.25) is 11.8 Å². The molecule has 0 aliphatic carbocycles. The molecule has 0 radical (unpaired) electrons. The first-order valence-electron chi connectivity index (χ1n) is 15.7. The molecule has 4 unspecified atom stereocenters. The molecule has 0 spiro atoms. The van der Waals surface area contributed by atoms with E-state index in [1.54, 1.807) is 16.7 Å². The number of rotatable bonds is 9. The van der Waals surface area contributed by atoms with Crippen LogP contribution in [0, 0.1) is 11.8 Å². The second-order valence-electron chi connectivity index (χ2n) is 11.9. The van der Waals surface area contributed by atoms with E-state index in [2.05, 4.69) is 17.4 Å². The Morgan fingerprint density at radius 3 is 2.22 bits per heavy atom. The van der Waals surface area contributed by atoms with Gasteiger partial charge in [0.05, 0.1) is 30.5 Å². The van der Waals surface area contributed by atoms with E-state index < -0.39 is 12.0 Å². The van der Waals surface area contributed by atoms with Crippen molar-refractivity contribution in [1.82, 2.24) is 10.2 Å². The summed E-state index contributed by atoms with van der Waals surface area (Å²) in [4.78, 5) is 42.4. The molecule has 45 heavy (non-hydrogen) atoms. The number of allylic oxidation sites excluding steroid dienone is 2. The smallest absolute Gasteiger partial charge is 0.309 e. The lowest BCUT2D eigenvalue weighted by molar-refractivity contribution is -0.149. The molecule has 0 saturated heterocycles. The van der Waals surface area contributed by atoms with E-state index in [9.17, 15) is 19.5 Å². The third-order valence-electron chi connectivity index (χ3n) is 8.55. The lowest BCUT2D eigenvalue weighted by atomic mass is 9.92. The van der Waals surface area contributed by atoms with Gasteiger partial charge in [0.25, 0.3) is 0 Å². The number of carbonyl (C=O) groups is 3. The van der Waals surface area contributed by atoms with Gasteiger partial charge in [-0.2, -0.15) is 11.8 Å². The highest BCUT2D eigenvalue weighted by Gasteiger charge is 2.33. The van der Waals surface area contributed by atoms with Gasteiger partial charge in [-0.15, -0.1) is 0 Å². The number of nitrogens with one attached hydrogen (secondary N) is 1. The first-order valence-corrected chi connectivity index (χ1v) is 16.9. The summed E-state index contributed by atoms with van der Waals surface area (Å²) in [6, 6.07) is 27.3. The summed E-state index contributed by atoms with van der Waals surface area (Å²) in [5.41, 5.74) is 4.45. The number of ether oxygens (including phenoxy) is 1. The van der Waals surface area contributed by atoms with Crippen molar-refractivity contribution < 1.29 is 24.2 Å². The minimum Gasteiger partial charge on any atom is -0.463 e. The average Bonchev–Trinajstić information content (AvgIpc) is 3.07. The van der Waals surface area contributed by atoms with E-state index in [4.69, 9.17) is 4.74 Å². The number of fused-ring (bicyclic) bond motifs is 1. The van der Waals surface area contributed by atoms with Crippen molar-refractivity contribution >= 4 is 29.5 Å². The fraction of sp³-hybridized carbons (Fsp3) is 0.378. The van der Waals surface area contributed by atoms with Crippen LogP contribution in [0.3, 0.4) is 0 Å². The van der Waals surface area contributed by atoms with Crippen molar-refractivity contribution in [2.24, 2.45) is 11.8 Å². The van der Waals surface area contributed by atoms with Gasteiger partial charge in [-0.25, -0.2) is 0 Å². The van der Waals surface area contributed by atoms with Crippen molar-refractivity contribution in [3.8, 4) is 0 Å². The van der Waals surface area contributed by atoms with Crippen molar-refractivity contribution in [3.63, 3.8) is 0 Å². The van der Waals surface area contributed by atoms with E-state index in [0.717, 1.165) is 22.4 Å². The van der Waals surface area contributed by atoms with E-state index in [-0.39, 0.29) is 49.4 Å². The number of carbonyl (C=O) groups excluding carboxylic acids is 3. The van der Waals surface area contributed by atoms with Crippen LogP contribution >= 0.6 is 11.8 Å². The lowest BCUT2D eigenvalue weighted by Crippen LogP contribution is -2.48. The Kier molecular flexibility index (Phi) is 11.9. The number of cyclic esters (lactones) is 1. The summed E-state index contributed by atoms with van der Waals surface area (Å²) in [5, 5.41) is 13.2. The van der Waals surface area contributed by atoms with Crippen molar-refractivity contribution in [2.45, 2.75) is 56.5 Å². The van der Waals surface area contributed by atoms with Gasteiger partial charge in [-0.3, -0.25) is 14.4 Å². The van der Waals surface area contributed by atoms with Gasteiger partial charge < -0.3 is 20.1 Å². The molecule has 7 nitrogen and oxygen atoms in total. The average molecular weight is 627 g/mol. The Morgan fingerprint density at radius 2 is 1.51 bits per heavy atom. The first kappa shape index (κ1) is 32.5. The van der Waals surface area contributed by atoms with Gasteiger partial charge in [-0.05, 0) is 47.9 Å². The van der Waals surface area contributed by atoms with Crippen LogP contribution in [0.2, 0.25) is 0 Å². The van der Waals surface area contributed by atoms with Crippen LogP contribution in [0.5, 0.6) is 0 Å². The molecule has 0 bridgehead atoms. The van der Waals surface area contributed by atoms with Crippen LogP contribution < -0.4 is 5.32 Å². The maximum atomic E-state index is 13.7. The number of aliphatic hydroxyl groups excluding tert-OH is 1. The minimum absolute atomic E-state index is 0.0337. The molecule has 236 valence electrons. The van der Waals surface area contributed by atoms with Gasteiger partial charge in [-0.1, -0.05) is 97.1 Å². The van der Waals surface area contributed by atoms with Crippen LogP contribution in [0.25, 0.3) is 0 Å². The fourth-order valence-electron chi connectivity index (χ4n) is 5.98. The summed E-state index contributed by atoms with van der Waals surface area (Å²) in [6.07, 6.45) is 5.89. The zero-order valence-corrected chi connectivity index (χ0v) is 26.4. The molecule has 0 aromatic heterocycles. The van der Waals surface area contributed by atoms with Crippen LogP contribution in [0.4, 0.5) is 0 Å². The number of aliphatic hydroxyl groups is 1. The molecule has 2 aliphatic heterocycles. The highest BCUT2D eigenvalue weighted by atomic mass is 32.2. The Morgan fingerprint density at radius 1 is 0.867 bits per heavy atom. The first-order chi connectivity index (χ1) is 22.0. The molecule has 3 aromatic carbocycles. The third-order valence-corrected chi connectivity index (χ3v) is 9.72. The largest absolute Gasteiger partial charge is 0.463 e. The SMILES string of the molecule is O=C1NC(CSCc2ccccc2)COC(=O)C(Cc2ccccc2)CC=CCC1CC(=O)N1Cc2ccccc2CC1CO. The molecule has 0 fully saturated rings. The maximum Gasteiger partial charge on any atom is 0.309 e. The predicted molar refractivity (Wildman–Crippen MR) is 177 cm³/mol. The van der Waals surface area contributed by atoms with E-state index in [1.807, 2.05) is 84.9 Å².